The molecule has 0 fully saturated rings. The van der Waals surface area contributed by atoms with E-state index in [9.17, 15) is 4.39 Å². The van der Waals surface area contributed by atoms with Crippen molar-refractivity contribution in [2.45, 2.75) is 13.5 Å². The number of nitrogens with one attached hydrogen (secondary N) is 1. The van der Waals surface area contributed by atoms with Gasteiger partial charge in [-0.2, -0.15) is 0 Å². The second-order valence-electron chi connectivity index (χ2n) is 3.89. The highest BCUT2D eigenvalue weighted by molar-refractivity contribution is 5.31. The van der Waals surface area contributed by atoms with Crippen LogP contribution in [0.4, 0.5) is 4.39 Å². The number of ether oxygens (including phenoxy) is 1. The molecule has 18 heavy (non-hydrogen) atoms. The molecule has 0 saturated heterocycles. The van der Waals surface area contributed by atoms with Crippen LogP contribution in [-0.4, -0.2) is 17.0 Å². The number of halogens is 1. The van der Waals surface area contributed by atoms with Gasteiger partial charge in [0.2, 0.25) is 5.88 Å². The van der Waals surface area contributed by atoms with Crippen molar-refractivity contribution in [3.63, 3.8) is 0 Å². The number of aromatic nitrogens is 2. The van der Waals surface area contributed by atoms with E-state index >= 15 is 0 Å². The Morgan fingerprint density at radius 3 is 2.78 bits per heavy atom. The van der Waals surface area contributed by atoms with Crippen LogP contribution >= 0.6 is 0 Å². The summed E-state index contributed by atoms with van der Waals surface area (Å²) in [5.41, 5.74) is 1.57. The minimum atomic E-state index is -0.380. The first kappa shape index (κ1) is 12.4. The van der Waals surface area contributed by atoms with Gasteiger partial charge >= 0.3 is 0 Å². The van der Waals surface area contributed by atoms with Gasteiger partial charge in [0.1, 0.15) is 11.6 Å². The fourth-order valence-corrected chi connectivity index (χ4v) is 1.50. The van der Waals surface area contributed by atoms with Crippen LogP contribution in [0, 0.1) is 12.7 Å². The summed E-state index contributed by atoms with van der Waals surface area (Å²) in [5, 5.41) is 2.94. The summed E-state index contributed by atoms with van der Waals surface area (Å²) in [6.07, 6.45) is 2.75. The summed E-state index contributed by atoms with van der Waals surface area (Å²) < 4.78 is 18.7. The molecular weight excluding hydrogens is 233 g/mol. The number of hydrogen-bond acceptors (Lipinski definition) is 4. The Morgan fingerprint density at radius 2 is 2.11 bits per heavy atom. The first-order valence-electron chi connectivity index (χ1n) is 5.58. The zero-order chi connectivity index (χ0) is 13.0. The number of aryl methyl sites for hydroxylation is 1. The standard InChI is InChI=1S/C13H14FN3O/c1-9-3-4-12(8-16-9)18-13-10(6-15-2)5-11(14)7-17-13/h3-5,7-8,15H,6H2,1-2H3. The van der Waals surface area contributed by atoms with Gasteiger partial charge in [-0.05, 0) is 32.2 Å². The van der Waals surface area contributed by atoms with E-state index in [4.69, 9.17) is 4.74 Å². The largest absolute Gasteiger partial charge is 0.437 e. The van der Waals surface area contributed by atoms with Crippen molar-refractivity contribution in [3.05, 3.63) is 47.7 Å². The maximum atomic E-state index is 13.1. The molecule has 2 heterocycles. The Morgan fingerprint density at radius 1 is 1.28 bits per heavy atom. The van der Waals surface area contributed by atoms with Crippen molar-refractivity contribution in [1.82, 2.24) is 15.3 Å². The molecule has 0 aliphatic carbocycles. The van der Waals surface area contributed by atoms with Gasteiger partial charge in [-0.1, -0.05) is 0 Å². The minimum absolute atomic E-state index is 0.380. The molecule has 0 amide bonds. The molecule has 0 unspecified atom stereocenters. The summed E-state index contributed by atoms with van der Waals surface area (Å²) in [5.74, 6) is 0.586. The van der Waals surface area contributed by atoms with Crippen LogP contribution in [0.15, 0.2) is 30.6 Å². The monoisotopic (exact) mass is 247 g/mol. The SMILES string of the molecule is CNCc1cc(F)cnc1Oc1ccc(C)nc1. The van der Waals surface area contributed by atoms with Gasteiger partial charge in [0.25, 0.3) is 0 Å². The van der Waals surface area contributed by atoms with Crippen LogP contribution in [0.1, 0.15) is 11.3 Å². The highest BCUT2D eigenvalue weighted by Crippen LogP contribution is 2.23. The summed E-state index contributed by atoms with van der Waals surface area (Å²) in [7, 11) is 1.78. The van der Waals surface area contributed by atoms with Gasteiger partial charge in [0, 0.05) is 17.8 Å². The molecule has 0 aromatic carbocycles. The van der Waals surface area contributed by atoms with Gasteiger partial charge in [-0.25, -0.2) is 9.37 Å². The maximum Gasteiger partial charge on any atom is 0.223 e. The first-order valence-corrected chi connectivity index (χ1v) is 5.58. The van der Waals surface area contributed by atoms with Crippen LogP contribution in [0.2, 0.25) is 0 Å². The molecule has 2 aromatic rings. The summed E-state index contributed by atoms with van der Waals surface area (Å²) in [6.45, 7) is 2.38. The molecule has 2 aromatic heterocycles. The molecule has 5 heteroatoms. The third kappa shape index (κ3) is 3.01. The van der Waals surface area contributed by atoms with Crippen LogP contribution < -0.4 is 10.1 Å². The average Bonchev–Trinajstić information content (AvgIpc) is 2.36. The van der Waals surface area contributed by atoms with Crippen LogP contribution in [-0.2, 0) is 6.54 Å². The van der Waals surface area contributed by atoms with E-state index < -0.39 is 0 Å². The number of nitrogens with zero attached hydrogens (tertiary/aromatic N) is 2. The van der Waals surface area contributed by atoms with Crippen molar-refractivity contribution in [1.29, 1.82) is 0 Å². The number of hydrogen-bond donors (Lipinski definition) is 1. The molecule has 0 atom stereocenters. The first-order chi connectivity index (χ1) is 8.69. The van der Waals surface area contributed by atoms with Crippen LogP contribution in [0.5, 0.6) is 11.6 Å². The van der Waals surface area contributed by atoms with Crippen molar-refractivity contribution < 1.29 is 9.13 Å². The van der Waals surface area contributed by atoms with E-state index in [1.54, 1.807) is 19.3 Å². The summed E-state index contributed by atoms with van der Waals surface area (Å²) >= 11 is 0. The van der Waals surface area contributed by atoms with Gasteiger partial charge in [-0.15, -0.1) is 0 Å². The molecular formula is C13H14FN3O. The van der Waals surface area contributed by atoms with Crippen LogP contribution in [0.3, 0.4) is 0 Å². The van der Waals surface area contributed by atoms with Crippen molar-refractivity contribution >= 4 is 0 Å². The molecule has 1 N–H and O–H groups in total. The normalized spacial score (nSPS) is 10.4. The molecule has 2 rings (SSSR count). The Hall–Kier alpha value is -2.01. The van der Waals surface area contributed by atoms with Gasteiger partial charge < -0.3 is 10.1 Å². The topological polar surface area (TPSA) is 47.0 Å². The van der Waals surface area contributed by atoms with E-state index in [0.717, 1.165) is 11.9 Å². The van der Waals surface area contributed by atoms with E-state index in [-0.39, 0.29) is 5.82 Å². The molecule has 0 saturated carbocycles. The third-order valence-electron chi connectivity index (χ3n) is 2.36. The van der Waals surface area contributed by atoms with Gasteiger partial charge in [0.15, 0.2) is 0 Å². The second kappa shape index (κ2) is 5.55. The van der Waals surface area contributed by atoms with Gasteiger partial charge in [0.05, 0.1) is 12.4 Å². The maximum absolute atomic E-state index is 13.1. The summed E-state index contributed by atoms with van der Waals surface area (Å²) in [6, 6.07) is 5.05. The Bertz CT molecular complexity index is 528. The highest BCUT2D eigenvalue weighted by Gasteiger charge is 2.08. The lowest BCUT2D eigenvalue weighted by Gasteiger charge is -2.09. The van der Waals surface area contributed by atoms with Gasteiger partial charge in [-0.3, -0.25) is 4.98 Å². The summed E-state index contributed by atoms with van der Waals surface area (Å²) in [4.78, 5) is 8.08. The number of pyridine rings is 2. The molecule has 4 nitrogen and oxygen atoms in total. The molecule has 0 aliphatic heterocycles. The van der Waals surface area contributed by atoms with Crippen molar-refractivity contribution in [2.24, 2.45) is 0 Å². The fraction of sp³-hybridized carbons (Fsp3) is 0.231. The van der Waals surface area contributed by atoms with E-state index in [1.807, 2.05) is 13.0 Å². The number of rotatable bonds is 4. The van der Waals surface area contributed by atoms with Crippen molar-refractivity contribution in [2.75, 3.05) is 7.05 Å². The Labute approximate surface area is 105 Å². The molecule has 0 spiro atoms. The quantitative estimate of drug-likeness (QED) is 0.901. The fourth-order valence-electron chi connectivity index (χ4n) is 1.50. The third-order valence-corrected chi connectivity index (χ3v) is 2.36. The lowest BCUT2D eigenvalue weighted by molar-refractivity contribution is 0.448. The van der Waals surface area contributed by atoms with E-state index in [2.05, 4.69) is 15.3 Å². The predicted octanol–water partition coefficient (Wildman–Crippen LogP) is 2.44. The Kier molecular flexibility index (Phi) is 3.84. The van der Waals surface area contributed by atoms with E-state index in [0.29, 0.717) is 23.7 Å². The average molecular weight is 247 g/mol. The lowest BCUT2D eigenvalue weighted by Crippen LogP contribution is -2.07. The molecule has 94 valence electrons. The lowest BCUT2D eigenvalue weighted by atomic mass is 10.2. The zero-order valence-electron chi connectivity index (χ0n) is 10.3. The smallest absolute Gasteiger partial charge is 0.223 e. The highest BCUT2D eigenvalue weighted by atomic mass is 19.1. The Balaban J connectivity index is 2.25. The minimum Gasteiger partial charge on any atom is -0.437 e. The zero-order valence-corrected chi connectivity index (χ0v) is 10.3. The molecule has 0 bridgehead atoms. The molecule has 0 aliphatic rings. The predicted molar refractivity (Wildman–Crippen MR) is 66.0 cm³/mol. The van der Waals surface area contributed by atoms with Crippen LogP contribution in [0.25, 0.3) is 0 Å². The second-order valence-corrected chi connectivity index (χ2v) is 3.89. The van der Waals surface area contributed by atoms with Crippen molar-refractivity contribution in [3.8, 4) is 11.6 Å². The molecule has 0 radical (unpaired) electrons. The van der Waals surface area contributed by atoms with E-state index in [1.165, 1.54) is 6.07 Å².